The summed E-state index contributed by atoms with van der Waals surface area (Å²) >= 11 is 21.1. The van der Waals surface area contributed by atoms with Gasteiger partial charge in [-0.15, -0.1) is 0 Å². The van der Waals surface area contributed by atoms with E-state index in [1.165, 1.54) is 19.4 Å². The Morgan fingerprint density at radius 3 is 2.43 bits per heavy atom. The minimum Gasteiger partial charge on any atom is -0.493 e. The molecule has 0 bridgehead atoms. The molecule has 3 aromatic carbocycles. The van der Waals surface area contributed by atoms with E-state index in [0.29, 0.717) is 26.5 Å². The monoisotopic (exact) mass is 626 g/mol. The summed E-state index contributed by atoms with van der Waals surface area (Å²) < 4.78 is 11.4. The molecule has 3 rings (SSSR count). The fourth-order valence-corrected chi connectivity index (χ4v) is 3.87. The van der Waals surface area contributed by atoms with Gasteiger partial charge in [0.1, 0.15) is 0 Å². The number of halogens is 4. The van der Waals surface area contributed by atoms with Crippen LogP contribution in [0.25, 0.3) is 0 Å². The zero-order valence-corrected chi connectivity index (χ0v) is 22.8. The summed E-state index contributed by atoms with van der Waals surface area (Å²) in [6.07, 6.45) is 1.29. The second-order valence-electron chi connectivity index (χ2n) is 7.13. The van der Waals surface area contributed by atoms with Crippen molar-refractivity contribution in [2.24, 2.45) is 5.10 Å². The van der Waals surface area contributed by atoms with Crippen LogP contribution >= 0.6 is 50.7 Å². The molecule has 0 unspecified atom stereocenters. The number of carbonyl (C=O) groups is 3. The predicted molar refractivity (Wildman–Crippen MR) is 147 cm³/mol. The van der Waals surface area contributed by atoms with Crippen molar-refractivity contribution >= 4 is 86.0 Å². The third-order valence-corrected chi connectivity index (χ3v) is 6.17. The van der Waals surface area contributed by atoms with E-state index in [-0.39, 0.29) is 34.0 Å². The van der Waals surface area contributed by atoms with Crippen LogP contribution < -0.4 is 25.5 Å². The topological polar surface area (TPSA) is 118 Å². The molecule has 0 aliphatic carbocycles. The Bertz CT molecular complexity index is 1350. The Labute approximate surface area is 235 Å². The molecule has 9 nitrogen and oxygen atoms in total. The second kappa shape index (κ2) is 13.3. The number of hydrazone groups is 1. The Kier molecular flexibility index (Phi) is 10.2. The van der Waals surface area contributed by atoms with Crippen LogP contribution in [0.3, 0.4) is 0 Å². The van der Waals surface area contributed by atoms with Gasteiger partial charge < -0.3 is 20.1 Å². The van der Waals surface area contributed by atoms with Crippen molar-refractivity contribution in [1.82, 2.24) is 5.43 Å². The highest BCUT2D eigenvalue weighted by atomic mass is 79.9. The molecule has 0 atom stereocenters. The fraction of sp³-hybridized carbons (Fsp3) is 0.0833. The van der Waals surface area contributed by atoms with Crippen LogP contribution in [0.5, 0.6) is 11.5 Å². The average Bonchev–Trinajstić information content (AvgIpc) is 2.87. The molecular formula is C24H18BrCl3N4O5. The summed E-state index contributed by atoms with van der Waals surface area (Å²) in [5, 5.41) is 9.71. The van der Waals surface area contributed by atoms with Crippen LogP contribution in [0, 0.1) is 0 Å². The first-order valence-electron chi connectivity index (χ1n) is 10.3. The quantitative estimate of drug-likeness (QED) is 0.172. The van der Waals surface area contributed by atoms with Gasteiger partial charge in [0, 0.05) is 10.7 Å². The molecular weight excluding hydrogens is 611 g/mol. The molecule has 0 saturated heterocycles. The van der Waals surface area contributed by atoms with Crippen molar-refractivity contribution in [3.63, 3.8) is 0 Å². The van der Waals surface area contributed by atoms with E-state index in [9.17, 15) is 14.4 Å². The van der Waals surface area contributed by atoms with E-state index >= 15 is 0 Å². The molecule has 0 fully saturated rings. The average molecular weight is 629 g/mol. The number of ether oxygens (including phenoxy) is 2. The van der Waals surface area contributed by atoms with Gasteiger partial charge in [-0.1, -0.05) is 40.9 Å². The molecule has 0 radical (unpaired) electrons. The molecule has 0 saturated carbocycles. The van der Waals surface area contributed by atoms with E-state index in [0.717, 1.165) is 0 Å². The number of methoxy groups -OCH3 is 1. The molecule has 192 valence electrons. The smallest absolute Gasteiger partial charge is 0.329 e. The van der Waals surface area contributed by atoms with Gasteiger partial charge in [0.05, 0.1) is 33.5 Å². The first-order chi connectivity index (χ1) is 17.7. The molecule has 13 heteroatoms. The number of hydrogen-bond acceptors (Lipinski definition) is 6. The van der Waals surface area contributed by atoms with Gasteiger partial charge >= 0.3 is 11.8 Å². The lowest BCUT2D eigenvalue weighted by molar-refractivity contribution is -0.136. The van der Waals surface area contributed by atoms with Crippen molar-refractivity contribution in [2.75, 3.05) is 24.4 Å². The molecule has 0 aliphatic heterocycles. The predicted octanol–water partition coefficient (Wildman–Crippen LogP) is 5.52. The van der Waals surface area contributed by atoms with Crippen molar-refractivity contribution in [3.05, 3.63) is 79.7 Å². The van der Waals surface area contributed by atoms with Crippen molar-refractivity contribution in [1.29, 1.82) is 0 Å². The molecule has 0 heterocycles. The summed E-state index contributed by atoms with van der Waals surface area (Å²) in [5.74, 6) is -1.81. The van der Waals surface area contributed by atoms with Crippen molar-refractivity contribution in [3.8, 4) is 11.5 Å². The lowest BCUT2D eigenvalue weighted by Gasteiger charge is -2.13. The molecule has 0 aliphatic rings. The first kappa shape index (κ1) is 28.3. The number of amides is 3. The SMILES string of the molecule is COc1cc(/C=N\NC(=O)C(=O)Nc2cccc(Cl)c2Cl)cc(Br)c1OCC(=O)Nc1ccc(Cl)cc1. The van der Waals surface area contributed by atoms with Gasteiger partial charge in [-0.25, -0.2) is 5.43 Å². The summed E-state index contributed by atoms with van der Waals surface area (Å²) in [7, 11) is 1.43. The van der Waals surface area contributed by atoms with E-state index in [2.05, 4.69) is 37.1 Å². The highest BCUT2D eigenvalue weighted by Crippen LogP contribution is 2.36. The third-order valence-electron chi connectivity index (χ3n) is 4.51. The Morgan fingerprint density at radius 1 is 1.00 bits per heavy atom. The lowest BCUT2D eigenvalue weighted by atomic mass is 10.2. The van der Waals surface area contributed by atoms with Gasteiger partial charge in [-0.05, 0) is 70.0 Å². The minimum atomic E-state index is -1.02. The second-order valence-corrected chi connectivity index (χ2v) is 9.21. The Hall–Kier alpha value is -3.31. The zero-order chi connectivity index (χ0) is 26.9. The van der Waals surface area contributed by atoms with Gasteiger partial charge in [0.2, 0.25) is 0 Å². The maximum absolute atomic E-state index is 12.2. The summed E-state index contributed by atoms with van der Waals surface area (Å²) in [4.78, 5) is 36.4. The van der Waals surface area contributed by atoms with E-state index in [1.807, 2.05) is 0 Å². The standard InChI is InChI=1S/C24H18BrCl3N4O5/c1-36-19-10-13(11-29-32-24(35)23(34)31-18-4-2-3-17(27)21(18)28)9-16(25)22(19)37-12-20(33)30-15-7-5-14(26)6-8-15/h2-11H,12H2,1H3,(H,30,33)(H,31,34)(H,32,35)/b29-11-. The first-order valence-corrected chi connectivity index (χ1v) is 12.2. The Balaban J connectivity index is 1.59. The van der Waals surface area contributed by atoms with Crippen LogP contribution in [-0.4, -0.2) is 37.7 Å². The van der Waals surface area contributed by atoms with E-state index in [1.54, 1.807) is 48.5 Å². The van der Waals surface area contributed by atoms with Crippen LogP contribution in [-0.2, 0) is 14.4 Å². The Morgan fingerprint density at radius 2 is 1.73 bits per heavy atom. The number of benzene rings is 3. The van der Waals surface area contributed by atoms with Crippen molar-refractivity contribution in [2.45, 2.75) is 0 Å². The normalized spacial score (nSPS) is 10.6. The maximum atomic E-state index is 12.2. The number of anilines is 2. The third kappa shape index (κ3) is 8.09. The number of hydrogen-bond donors (Lipinski definition) is 3. The van der Waals surface area contributed by atoms with Gasteiger partial charge in [0.15, 0.2) is 18.1 Å². The summed E-state index contributed by atoms with van der Waals surface area (Å²) in [6.45, 7) is -0.285. The highest BCUT2D eigenvalue weighted by Gasteiger charge is 2.16. The van der Waals surface area contributed by atoms with Gasteiger partial charge in [-0.3, -0.25) is 14.4 Å². The number of carbonyl (C=O) groups excluding carboxylic acids is 3. The lowest BCUT2D eigenvalue weighted by Crippen LogP contribution is -2.32. The molecule has 0 aromatic heterocycles. The highest BCUT2D eigenvalue weighted by molar-refractivity contribution is 9.10. The summed E-state index contributed by atoms with van der Waals surface area (Å²) in [5.41, 5.74) is 3.37. The molecule has 0 spiro atoms. The fourth-order valence-electron chi connectivity index (χ4n) is 2.82. The zero-order valence-electron chi connectivity index (χ0n) is 19.0. The van der Waals surface area contributed by atoms with Crippen LogP contribution in [0.2, 0.25) is 15.1 Å². The van der Waals surface area contributed by atoms with Gasteiger partial charge in [0.25, 0.3) is 5.91 Å². The van der Waals surface area contributed by atoms with Crippen molar-refractivity contribution < 1.29 is 23.9 Å². The number of rotatable bonds is 8. The number of nitrogens with one attached hydrogen (secondary N) is 3. The maximum Gasteiger partial charge on any atom is 0.329 e. The van der Waals surface area contributed by atoms with Crippen LogP contribution in [0.4, 0.5) is 11.4 Å². The van der Waals surface area contributed by atoms with Crippen LogP contribution in [0.15, 0.2) is 64.2 Å². The largest absolute Gasteiger partial charge is 0.493 e. The number of nitrogens with zero attached hydrogens (tertiary/aromatic N) is 1. The summed E-state index contributed by atoms with van der Waals surface area (Å²) in [6, 6.07) is 14.4. The molecule has 37 heavy (non-hydrogen) atoms. The minimum absolute atomic E-state index is 0.107. The van der Waals surface area contributed by atoms with Gasteiger partial charge in [-0.2, -0.15) is 5.10 Å². The molecule has 3 aromatic rings. The molecule has 3 N–H and O–H groups in total. The van der Waals surface area contributed by atoms with Crippen LogP contribution in [0.1, 0.15) is 5.56 Å². The molecule has 3 amide bonds. The van der Waals surface area contributed by atoms with E-state index in [4.69, 9.17) is 44.3 Å². The van der Waals surface area contributed by atoms with E-state index < -0.39 is 11.8 Å².